The molecule has 20 heavy (non-hydrogen) atoms. The first-order chi connectivity index (χ1) is 9.47. The van der Waals surface area contributed by atoms with Gasteiger partial charge in [0.1, 0.15) is 0 Å². The van der Waals surface area contributed by atoms with Gasteiger partial charge in [-0.15, -0.1) is 0 Å². The zero-order valence-corrected chi connectivity index (χ0v) is 12.5. The van der Waals surface area contributed by atoms with Crippen molar-refractivity contribution in [2.75, 3.05) is 24.8 Å². The fourth-order valence-corrected chi connectivity index (χ4v) is 2.38. The second-order valence-electron chi connectivity index (χ2n) is 5.63. The van der Waals surface area contributed by atoms with E-state index in [2.05, 4.69) is 34.1 Å². The van der Waals surface area contributed by atoms with Crippen LogP contribution in [0.25, 0.3) is 0 Å². The van der Waals surface area contributed by atoms with Crippen LogP contribution in [0.1, 0.15) is 33.6 Å². The molecular formula is C13H23N5O2. The third-order valence-electron chi connectivity index (χ3n) is 3.83. The number of hydrogen-bond donors (Lipinski definition) is 2. The molecule has 0 amide bonds. The normalized spacial score (nSPS) is 24.0. The van der Waals surface area contributed by atoms with Gasteiger partial charge in [0.05, 0.1) is 12.7 Å². The first-order valence-corrected chi connectivity index (χ1v) is 6.91. The highest BCUT2D eigenvalue weighted by molar-refractivity contribution is 5.35. The fraction of sp³-hybridized carbons (Fsp3) is 0.769. The van der Waals surface area contributed by atoms with E-state index in [1.807, 2.05) is 6.92 Å². The predicted molar refractivity (Wildman–Crippen MR) is 76.6 cm³/mol. The van der Waals surface area contributed by atoms with E-state index in [4.69, 9.17) is 15.2 Å². The molecule has 1 aromatic rings. The van der Waals surface area contributed by atoms with Gasteiger partial charge in [-0.1, -0.05) is 20.8 Å². The molecule has 2 unspecified atom stereocenters. The summed E-state index contributed by atoms with van der Waals surface area (Å²) >= 11 is 0. The molecule has 0 spiro atoms. The molecule has 1 fully saturated rings. The molecule has 1 heterocycles. The molecule has 1 aromatic heterocycles. The third-order valence-corrected chi connectivity index (χ3v) is 3.83. The minimum atomic E-state index is 0.0284. The van der Waals surface area contributed by atoms with Gasteiger partial charge in [0, 0.05) is 18.6 Å². The van der Waals surface area contributed by atoms with Crippen molar-refractivity contribution >= 4 is 11.9 Å². The molecular weight excluding hydrogens is 258 g/mol. The summed E-state index contributed by atoms with van der Waals surface area (Å²) in [7, 11) is 1.74. The van der Waals surface area contributed by atoms with Crippen LogP contribution in [-0.2, 0) is 4.74 Å². The molecule has 1 saturated carbocycles. The van der Waals surface area contributed by atoms with Crippen LogP contribution in [0.4, 0.5) is 11.9 Å². The SMILES string of the molecule is CCCOc1nc(N)nc(NC2CC(OC)C2(C)C)n1. The van der Waals surface area contributed by atoms with Crippen LogP contribution in [0.5, 0.6) is 6.01 Å². The van der Waals surface area contributed by atoms with E-state index in [1.165, 1.54) is 0 Å². The Morgan fingerprint density at radius 2 is 2.10 bits per heavy atom. The van der Waals surface area contributed by atoms with Crippen molar-refractivity contribution in [1.82, 2.24) is 15.0 Å². The van der Waals surface area contributed by atoms with E-state index < -0.39 is 0 Å². The average molecular weight is 281 g/mol. The molecule has 7 nitrogen and oxygen atoms in total. The standard InChI is InChI=1S/C13H23N5O2/c1-5-6-20-12-17-10(14)16-11(18-12)15-8-7-9(19-4)13(8,2)3/h8-9H,5-7H2,1-4H3,(H3,14,15,16,17,18). The lowest BCUT2D eigenvalue weighted by Gasteiger charge is -2.51. The van der Waals surface area contributed by atoms with Gasteiger partial charge in [0.15, 0.2) is 0 Å². The maximum absolute atomic E-state index is 5.68. The molecule has 0 bridgehead atoms. The molecule has 2 rings (SSSR count). The number of rotatable bonds is 6. The van der Waals surface area contributed by atoms with Crippen molar-refractivity contribution in [3.05, 3.63) is 0 Å². The van der Waals surface area contributed by atoms with E-state index in [0.29, 0.717) is 12.6 Å². The summed E-state index contributed by atoms with van der Waals surface area (Å²) in [5.41, 5.74) is 5.71. The summed E-state index contributed by atoms with van der Waals surface area (Å²) in [4.78, 5) is 12.3. The zero-order valence-electron chi connectivity index (χ0n) is 12.5. The predicted octanol–water partition coefficient (Wildman–Crippen LogP) is 1.47. The van der Waals surface area contributed by atoms with Crippen LogP contribution in [0.15, 0.2) is 0 Å². The Morgan fingerprint density at radius 3 is 2.70 bits per heavy atom. The fourth-order valence-electron chi connectivity index (χ4n) is 2.38. The van der Waals surface area contributed by atoms with E-state index in [1.54, 1.807) is 7.11 Å². The second-order valence-corrected chi connectivity index (χ2v) is 5.63. The minimum absolute atomic E-state index is 0.0284. The number of aromatic nitrogens is 3. The summed E-state index contributed by atoms with van der Waals surface area (Å²) in [6.45, 7) is 6.89. The number of hydrogen-bond acceptors (Lipinski definition) is 7. The number of nitrogens with one attached hydrogen (secondary N) is 1. The molecule has 3 N–H and O–H groups in total. The van der Waals surface area contributed by atoms with Crippen molar-refractivity contribution in [2.45, 2.75) is 45.8 Å². The van der Waals surface area contributed by atoms with Gasteiger partial charge < -0.3 is 20.5 Å². The summed E-state index contributed by atoms with van der Waals surface area (Å²) in [5.74, 6) is 0.616. The first-order valence-electron chi connectivity index (χ1n) is 6.91. The Kier molecular flexibility index (Phi) is 4.27. The molecule has 7 heteroatoms. The summed E-state index contributed by atoms with van der Waals surface area (Å²) in [6.07, 6.45) is 2.05. The molecule has 0 saturated heterocycles. The van der Waals surface area contributed by atoms with Gasteiger partial charge in [0.2, 0.25) is 11.9 Å². The van der Waals surface area contributed by atoms with Gasteiger partial charge in [0.25, 0.3) is 0 Å². The number of anilines is 2. The van der Waals surface area contributed by atoms with Crippen LogP contribution in [0, 0.1) is 5.41 Å². The summed E-state index contributed by atoms with van der Waals surface area (Å²) in [6, 6.07) is 0.510. The lowest BCUT2D eigenvalue weighted by Crippen LogP contribution is -2.57. The van der Waals surface area contributed by atoms with E-state index in [9.17, 15) is 0 Å². The Morgan fingerprint density at radius 1 is 1.35 bits per heavy atom. The van der Waals surface area contributed by atoms with Gasteiger partial charge >= 0.3 is 6.01 Å². The van der Waals surface area contributed by atoms with Crippen molar-refractivity contribution in [3.63, 3.8) is 0 Å². The number of ether oxygens (including phenoxy) is 2. The summed E-state index contributed by atoms with van der Waals surface area (Å²) < 4.78 is 10.8. The van der Waals surface area contributed by atoms with Crippen molar-refractivity contribution in [2.24, 2.45) is 5.41 Å². The lowest BCUT2D eigenvalue weighted by molar-refractivity contribution is -0.0796. The monoisotopic (exact) mass is 281 g/mol. The largest absolute Gasteiger partial charge is 0.463 e. The third kappa shape index (κ3) is 2.92. The smallest absolute Gasteiger partial charge is 0.323 e. The van der Waals surface area contributed by atoms with Crippen LogP contribution in [-0.4, -0.2) is 40.8 Å². The van der Waals surface area contributed by atoms with Crippen LogP contribution >= 0.6 is 0 Å². The Balaban J connectivity index is 2.05. The number of nitrogens with zero attached hydrogens (tertiary/aromatic N) is 3. The molecule has 0 aliphatic heterocycles. The highest BCUT2D eigenvalue weighted by Gasteiger charge is 2.48. The number of methoxy groups -OCH3 is 1. The molecule has 112 valence electrons. The average Bonchev–Trinajstić information content (AvgIpc) is 2.40. The lowest BCUT2D eigenvalue weighted by atomic mass is 9.64. The second kappa shape index (κ2) is 5.78. The van der Waals surface area contributed by atoms with Gasteiger partial charge in [-0.25, -0.2) is 0 Å². The Hall–Kier alpha value is -1.63. The quantitative estimate of drug-likeness (QED) is 0.815. The Bertz CT molecular complexity index is 466. The van der Waals surface area contributed by atoms with Crippen molar-refractivity contribution in [3.8, 4) is 6.01 Å². The van der Waals surface area contributed by atoms with E-state index in [-0.39, 0.29) is 29.5 Å². The van der Waals surface area contributed by atoms with Crippen molar-refractivity contribution in [1.29, 1.82) is 0 Å². The Labute approximate surface area is 119 Å². The maximum Gasteiger partial charge on any atom is 0.323 e. The maximum atomic E-state index is 5.68. The van der Waals surface area contributed by atoms with Crippen molar-refractivity contribution < 1.29 is 9.47 Å². The highest BCUT2D eigenvalue weighted by atomic mass is 16.5. The van der Waals surface area contributed by atoms with Crippen LogP contribution in [0.3, 0.4) is 0 Å². The topological polar surface area (TPSA) is 95.2 Å². The summed E-state index contributed by atoms with van der Waals surface area (Å²) in [5, 5.41) is 3.29. The van der Waals surface area contributed by atoms with Gasteiger partial charge in [-0.05, 0) is 12.8 Å². The van der Waals surface area contributed by atoms with E-state index >= 15 is 0 Å². The number of nitrogens with two attached hydrogens (primary N) is 1. The molecule has 0 radical (unpaired) electrons. The van der Waals surface area contributed by atoms with E-state index in [0.717, 1.165) is 12.8 Å². The van der Waals surface area contributed by atoms with Crippen LogP contribution < -0.4 is 15.8 Å². The van der Waals surface area contributed by atoms with Crippen LogP contribution in [0.2, 0.25) is 0 Å². The molecule has 1 aliphatic rings. The molecule has 2 atom stereocenters. The molecule has 1 aliphatic carbocycles. The zero-order chi connectivity index (χ0) is 14.8. The van der Waals surface area contributed by atoms with Gasteiger partial charge in [-0.2, -0.15) is 15.0 Å². The van der Waals surface area contributed by atoms with Gasteiger partial charge in [-0.3, -0.25) is 0 Å². The first kappa shape index (κ1) is 14.8. The minimum Gasteiger partial charge on any atom is -0.463 e. The highest BCUT2D eigenvalue weighted by Crippen LogP contribution is 2.43. The molecule has 0 aromatic carbocycles. The number of nitrogen functional groups attached to an aromatic ring is 1.